The molecule has 0 aliphatic heterocycles. The summed E-state index contributed by atoms with van der Waals surface area (Å²) in [5.74, 6) is 1.03. The molecule has 2 nitrogen and oxygen atoms in total. The predicted octanol–water partition coefficient (Wildman–Crippen LogP) is 3.84. The van der Waals surface area contributed by atoms with E-state index in [9.17, 15) is 0 Å². The second-order valence-corrected chi connectivity index (χ2v) is 5.98. The summed E-state index contributed by atoms with van der Waals surface area (Å²) in [6.07, 6.45) is 8.30. The molecule has 0 heterocycles. The quantitative estimate of drug-likeness (QED) is 0.873. The minimum absolute atomic E-state index is 0.263. The lowest BCUT2D eigenvalue weighted by Gasteiger charge is -2.35. The number of ether oxygens (including phenoxy) is 1. The van der Waals surface area contributed by atoms with Gasteiger partial charge in [-0.05, 0) is 42.7 Å². The summed E-state index contributed by atoms with van der Waals surface area (Å²) in [7, 11) is 1.76. The summed E-state index contributed by atoms with van der Waals surface area (Å²) in [6.45, 7) is 2.64. The van der Waals surface area contributed by atoms with Crippen molar-refractivity contribution in [1.82, 2.24) is 0 Å². The Bertz CT molecular complexity index is 406. The predicted molar refractivity (Wildman–Crippen MR) is 78.8 cm³/mol. The first-order valence-electron chi connectivity index (χ1n) is 7.48. The number of rotatable bonds is 5. The van der Waals surface area contributed by atoms with Crippen LogP contribution in [-0.2, 0) is 11.8 Å². The number of hydrogen-bond donors (Lipinski definition) is 1. The second kappa shape index (κ2) is 6.42. The summed E-state index contributed by atoms with van der Waals surface area (Å²) in [5.41, 5.74) is 2.94. The number of aliphatic hydroxyl groups is 1. The van der Waals surface area contributed by atoms with Crippen molar-refractivity contribution in [2.45, 2.75) is 57.3 Å². The monoisotopic (exact) mass is 262 g/mol. The van der Waals surface area contributed by atoms with Gasteiger partial charge in [-0.2, -0.15) is 0 Å². The minimum atomic E-state index is 0.263. The molecule has 1 aliphatic rings. The van der Waals surface area contributed by atoms with E-state index in [0.717, 1.165) is 18.6 Å². The fraction of sp³-hybridized carbons (Fsp3) is 0.647. The van der Waals surface area contributed by atoms with Crippen molar-refractivity contribution in [3.63, 3.8) is 0 Å². The van der Waals surface area contributed by atoms with E-state index in [-0.39, 0.29) is 12.0 Å². The molecule has 0 saturated heterocycles. The van der Waals surface area contributed by atoms with E-state index in [0.29, 0.717) is 0 Å². The molecule has 1 aromatic rings. The maximum atomic E-state index is 8.97. The van der Waals surface area contributed by atoms with Crippen LogP contribution >= 0.6 is 0 Å². The Morgan fingerprint density at radius 3 is 2.58 bits per heavy atom. The first-order valence-corrected chi connectivity index (χ1v) is 7.48. The third-order valence-electron chi connectivity index (χ3n) is 4.49. The molecule has 19 heavy (non-hydrogen) atoms. The van der Waals surface area contributed by atoms with Crippen LogP contribution in [0.15, 0.2) is 18.2 Å². The molecular formula is C17H26O2. The fourth-order valence-electron chi connectivity index (χ4n) is 3.27. The molecule has 1 aromatic carbocycles. The van der Waals surface area contributed by atoms with Crippen molar-refractivity contribution in [3.05, 3.63) is 29.3 Å². The maximum absolute atomic E-state index is 8.97. The average molecular weight is 262 g/mol. The Balaban J connectivity index is 2.29. The highest BCUT2D eigenvalue weighted by atomic mass is 16.5. The topological polar surface area (TPSA) is 29.5 Å². The number of benzene rings is 1. The largest absolute Gasteiger partial charge is 0.496 e. The van der Waals surface area contributed by atoms with Crippen LogP contribution in [0.2, 0.25) is 0 Å². The zero-order valence-corrected chi connectivity index (χ0v) is 12.2. The van der Waals surface area contributed by atoms with E-state index < -0.39 is 0 Å². The van der Waals surface area contributed by atoms with Gasteiger partial charge in [0.1, 0.15) is 5.75 Å². The van der Waals surface area contributed by atoms with Crippen LogP contribution in [0.25, 0.3) is 0 Å². The highest BCUT2D eigenvalue weighted by Crippen LogP contribution is 2.43. The second-order valence-electron chi connectivity index (χ2n) is 5.98. The lowest BCUT2D eigenvalue weighted by Crippen LogP contribution is -2.25. The van der Waals surface area contributed by atoms with Gasteiger partial charge < -0.3 is 9.84 Å². The first-order chi connectivity index (χ1) is 9.19. The van der Waals surface area contributed by atoms with E-state index in [1.807, 2.05) is 0 Å². The molecule has 1 saturated carbocycles. The van der Waals surface area contributed by atoms with Crippen molar-refractivity contribution in [1.29, 1.82) is 0 Å². The summed E-state index contributed by atoms with van der Waals surface area (Å²) in [4.78, 5) is 0. The normalized spacial score (nSPS) is 18.3. The molecule has 0 unspecified atom stereocenters. The Hall–Kier alpha value is -1.02. The number of aryl methyl sites for hydroxylation is 1. The van der Waals surface area contributed by atoms with Gasteiger partial charge in [0.2, 0.25) is 0 Å². The van der Waals surface area contributed by atoms with Gasteiger partial charge in [0.05, 0.1) is 7.11 Å². The Kier molecular flexibility index (Phi) is 4.87. The van der Waals surface area contributed by atoms with E-state index in [1.165, 1.54) is 43.2 Å². The fourth-order valence-corrected chi connectivity index (χ4v) is 3.27. The van der Waals surface area contributed by atoms with Crippen LogP contribution in [-0.4, -0.2) is 18.8 Å². The molecule has 0 spiro atoms. The third kappa shape index (κ3) is 3.30. The van der Waals surface area contributed by atoms with Crippen molar-refractivity contribution in [2.75, 3.05) is 13.7 Å². The zero-order chi connectivity index (χ0) is 13.7. The van der Waals surface area contributed by atoms with E-state index in [4.69, 9.17) is 9.84 Å². The van der Waals surface area contributed by atoms with E-state index in [2.05, 4.69) is 25.1 Å². The highest BCUT2D eigenvalue weighted by molar-refractivity contribution is 5.42. The molecule has 106 valence electrons. The summed E-state index contributed by atoms with van der Waals surface area (Å²) in [5, 5.41) is 8.97. The van der Waals surface area contributed by atoms with Gasteiger partial charge in [-0.25, -0.2) is 0 Å². The van der Waals surface area contributed by atoms with Crippen LogP contribution in [0.5, 0.6) is 5.75 Å². The van der Waals surface area contributed by atoms with Crippen molar-refractivity contribution < 1.29 is 9.84 Å². The van der Waals surface area contributed by atoms with Crippen LogP contribution in [0.1, 0.15) is 56.6 Å². The van der Waals surface area contributed by atoms with Crippen molar-refractivity contribution in [2.24, 2.45) is 0 Å². The van der Waals surface area contributed by atoms with Crippen molar-refractivity contribution in [3.8, 4) is 5.75 Å². The Labute approximate surface area is 116 Å². The van der Waals surface area contributed by atoms with Gasteiger partial charge in [0.15, 0.2) is 0 Å². The lowest BCUT2D eigenvalue weighted by molar-refractivity contribution is 0.288. The molecule has 2 rings (SSSR count). The smallest absolute Gasteiger partial charge is 0.122 e. The van der Waals surface area contributed by atoms with E-state index >= 15 is 0 Å². The maximum Gasteiger partial charge on any atom is 0.122 e. The molecule has 0 atom stereocenters. The first kappa shape index (κ1) is 14.4. The summed E-state index contributed by atoms with van der Waals surface area (Å²) in [6, 6.07) is 6.53. The number of aliphatic hydroxyl groups excluding tert-OH is 1. The Morgan fingerprint density at radius 1 is 1.21 bits per heavy atom. The third-order valence-corrected chi connectivity index (χ3v) is 4.49. The van der Waals surface area contributed by atoms with Crippen molar-refractivity contribution >= 4 is 0 Å². The van der Waals surface area contributed by atoms with Crippen LogP contribution in [0.4, 0.5) is 0 Å². The minimum Gasteiger partial charge on any atom is -0.496 e. The average Bonchev–Trinajstić information content (AvgIpc) is 2.45. The molecule has 0 aromatic heterocycles. The van der Waals surface area contributed by atoms with Gasteiger partial charge in [0, 0.05) is 12.2 Å². The lowest BCUT2D eigenvalue weighted by atomic mass is 9.70. The number of methoxy groups -OCH3 is 1. The van der Waals surface area contributed by atoms with Gasteiger partial charge in [-0.3, -0.25) is 0 Å². The SMILES string of the molecule is COc1ccc(CCCO)cc1C1(C)CCCCC1. The molecule has 1 fully saturated rings. The molecule has 1 N–H and O–H groups in total. The molecule has 1 aliphatic carbocycles. The molecule has 2 heteroatoms. The Morgan fingerprint density at radius 2 is 1.95 bits per heavy atom. The van der Waals surface area contributed by atoms with Gasteiger partial charge in [-0.1, -0.05) is 38.3 Å². The van der Waals surface area contributed by atoms with E-state index in [1.54, 1.807) is 7.11 Å². The molecule has 0 radical (unpaired) electrons. The van der Waals surface area contributed by atoms with Gasteiger partial charge in [0.25, 0.3) is 0 Å². The molecular weight excluding hydrogens is 236 g/mol. The highest BCUT2D eigenvalue weighted by Gasteiger charge is 2.31. The van der Waals surface area contributed by atoms with Gasteiger partial charge >= 0.3 is 0 Å². The van der Waals surface area contributed by atoms with Crippen LogP contribution in [0.3, 0.4) is 0 Å². The van der Waals surface area contributed by atoms with Crippen LogP contribution in [0, 0.1) is 0 Å². The molecule has 0 bridgehead atoms. The molecule has 0 amide bonds. The zero-order valence-electron chi connectivity index (χ0n) is 12.2. The van der Waals surface area contributed by atoms with Gasteiger partial charge in [-0.15, -0.1) is 0 Å². The summed E-state index contributed by atoms with van der Waals surface area (Å²) < 4.78 is 5.57. The summed E-state index contributed by atoms with van der Waals surface area (Å²) >= 11 is 0. The number of hydrogen-bond acceptors (Lipinski definition) is 2. The van der Waals surface area contributed by atoms with Crippen LogP contribution < -0.4 is 4.74 Å². The standard InChI is InChI=1S/C17H26O2/c1-17(10-4-3-5-11-17)15-13-14(7-6-12-18)8-9-16(15)19-2/h8-9,13,18H,3-7,10-12H2,1-2H3.